The van der Waals surface area contributed by atoms with Crippen LogP contribution in [-0.4, -0.2) is 48.1 Å². The van der Waals surface area contributed by atoms with Crippen molar-refractivity contribution in [3.63, 3.8) is 0 Å². The van der Waals surface area contributed by atoms with E-state index in [1.54, 1.807) is 0 Å². The minimum absolute atomic E-state index is 0.131. The molecule has 0 radical (unpaired) electrons. The lowest BCUT2D eigenvalue weighted by atomic mass is 9.93. The van der Waals surface area contributed by atoms with Crippen molar-refractivity contribution >= 4 is 0 Å². The monoisotopic (exact) mass is 287 g/mol. The molecule has 0 aliphatic carbocycles. The van der Waals surface area contributed by atoms with Gasteiger partial charge in [-0.2, -0.15) is 0 Å². The number of piperazine rings is 1. The second-order valence-electron chi connectivity index (χ2n) is 6.59. The van der Waals surface area contributed by atoms with Crippen LogP contribution in [-0.2, 0) is 0 Å². The molecule has 2 aliphatic heterocycles. The molecule has 0 spiro atoms. The summed E-state index contributed by atoms with van der Waals surface area (Å²) in [5.41, 5.74) is 7.87. The van der Waals surface area contributed by atoms with Crippen molar-refractivity contribution < 1.29 is 0 Å². The summed E-state index contributed by atoms with van der Waals surface area (Å²) >= 11 is 0. The summed E-state index contributed by atoms with van der Waals surface area (Å²) in [5, 5.41) is 0. The summed E-state index contributed by atoms with van der Waals surface area (Å²) in [4.78, 5) is 5.35. The van der Waals surface area contributed by atoms with Gasteiger partial charge >= 0.3 is 0 Å². The first-order chi connectivity index (χ1) is 10.3. The van der Waals surface area contributed by atoms with Crippen LogP contribution in [0.2, 0.25) is 0 Å². The van der Waals surface area contributed by atoms with Crippen LogP contribution in [0.4, 0.5) is 0 Å². The van der Waals surface area contributed by atoms with Crippen LogP contribution < -0.4 is 5.73 Å². The zero-order valence-corrected chi connectivity index (χ0v) is 13.2. The molecule has 1 aromatic rings. The zero-order chi connectivity index (χ0) is 14.7. The van der Waals surface area contributed by atoms with Gasteiger partial charge in [-0.3, -0.25) is 9.80 Å². The highest BCUT2D eigenvalue weighted by molar-refractivity contribution is 5.20. The van der Waals surface area contributed by atoms with E-state index in [1.165, 1.54) is 51.0 Å². The van der Waals surface area contributed by atoms with Crippen LogP contribution in [0.5, 0.6) is 0 Å². The molecule has 0 bridgehead atoms. The highest BCUT2D eigenvalue weighted by Gasteiger charge is 2.33. The lowest BCUT2D eigenvalue weighted by molar-refractivity contribution is 0.0200. The van der Waals surface area contributed by atoms with Crippen LogP contribution in [0.3, 0.4) is 0 Å². The fourth-order valence-electron chi connectivity index (χ4n) is 4.12. The number of nitrogens with zero attached hydrogens (tertiary/aromatic N) is 2. The minimum atomic E-state index is 0.131. The van der Waals surface area contributed by atoms with Gasteiger partial charge in [0.15, 0.2) is 0 Å². The molecule has 0 amide bonds. The van der Waals surface area contributed by atoms with Crippen LogP contribution in [0.25, 0.3) is 0 Å². The van der Waals surface area contributed by atoms with E-state index >= 15 is 0 Å². The van der Waals surface area contributed by atoms with Crippen molar-refractivity contribution in [3.8, 4) is 0 Å². The van der Waals surface area contributed by atoms with Crippen LogP contribution in [0, 0.1) is 0 Å². The molecule has 2 aliphatic rings. The second kappa shape index (κ2) is 6.91. The van der Waals surface area contributed by atoms with Gasteiger partial charge in [0.05, 0.1) is 0 Å². The molecule has 3 rings (SSSR count). The quantitative estimate of drug-likeness (QED) is 0.924. The third kappa shape index (κ3) is 3.31. The number of piperidine rings is 1. The van der Waals surface area contributed by atoms with Crippen molar-refractivity contribution in [2.45, 2.75) is 50.7 Å². The zero-order valence-electron chi connectivity index (χ0n) is 13.2. The summed E-state index contributed by atoms with van der Waals surface area (Å²) in [7, 11) is 0. The Balaban J connectivity index is 1.68. The molecule has 2 N–H and O–H groups in total. The number of rotatable bonds is 4. The minimum Gasteiger partial charge on any atom is -0.323 e. The molecule has 0 aromatic heterocycles. The van der Waals surface area contributed by atoms with Crippen molar-refractivity contribution in [2.75, 3.05) is 26.2 Å². The molecule has 21 heavy (non-hydrogen) atoms. The molecule has 2 fully saturated rings. The van der Waals surface area contributed by atoms with Gasteiger partial charge in [-0.15, -0.1) is 0 Å². The number of benzene rings is 1. The average Bonchev–Trinajstić information content (AvgIpc) is 2.56. The first kappa shape index (κ1) is 15.0. The SMILES string of the molecule is CCC(C(N)c1ccccc1)N1CCN2CCCCC2C1. The molecule has 1 aromatic carbocycles. The third-order valence-corrected chi connectivity index (χ3v) is 5.36. The Morgan fingerprint density at radius 1 is 1.14 bits per heavy atom. The van der Waals surface area contributed by atoms with E-state index in [1.807, 2.05) is 0 Å². The van der Waals surface area contributed by atoms with E-state index in [0.29, 0.717) is 6.04 Å². The van der Waals surface area contributed by atoms with Gasteiger partial charge in [0.2, 0.25) is 0 Å². The van der Waals surface area contributed by atoms with Gasteiger partial charge in [-0.1, -0.05) is 43.7 Å². The summed E-state index contributed by atoms with van der Waals surface area (Å²) in [6.07, 6.45) is 5.28. The Kier molecular flexibility index (Phi) is 4.94. The maximum atomic E-state index is 6.59. The summed E-state index contributed by atoms with van der Waals surface area (Å²) in [5.74, 6) is 0. The van der Waals surface area contributed by atoms with E-state index in [-0.39, 0.29) is 6.04 Å². The average molecular weight is 287 g/mol. The van der Waals surface area contributed by atoms with Gasteiger partial charge in [0.1, 0.15) is 0 Å². The van der Waals surface area contributed by atoms with E-state index in [4.69, 9.17) is 5.73 Å². The van der Waals surface area contributed by atoms with Gasteiger partial charge in [0.25, 0.3) is 0 Å². The fraction of sp³-hybridized carbons (Fsp3) is 0.667. The molecule has 3 heteroatoms. The first-order valence-corrected chi connectivity index (χ1v) is 8.58. The highest BCUT2D eigenvalue weighted by Crippen LogP contribution is 2.27. The maximum Gasteiger partial charge on any atom is 0.0453 e. The Morgan fingerprint density at radius 2 is 1.95 bits per heavy atom. The topological polar surface area (TPSA) is 32.5 Å². The Hall–Kier alpha value is -0.900. The van der Waals surface area contributed by atoms with Crippen LogP contribution in [0.15, 0.2) is 30.3 Å². The molecule has 3 unspecified atom stereocenters. The van der Waals surface area contributed by atoms with Crippen molar-refractivity contribution in [2.24, 2.45) is 5.73 Å². The lowest BCUT2D eigenvalue weighted by Crippen LogP contribution is -2.58. The molecule has 3 nitrogen and oxygen atoms in total. The predicted octanol–water partition coefficient (Wildman–Crippen LogP) is 2.64. The summed E-state index contributed by atoms with van der Waals surface area (Å²) < 4.78 is 0. The Labute approximate surface area is 129 Å². The lowest BCUT2D eigenvalue weighted by Gasteiger charge is -2.47. The highest BCUT2D eigenvalue weighted by atomic mass is 15.3. The number of nitrogens with two attached hydrogens (primary N) is 1. The van der Waals surface area contributed by atoms with Crippen LogP contribution >= 0.6 is 0 Å². The van der Waals surface area contributed by atoms with E-state index in [0.717, 1.165) is 12.5 Å². The molecule has 2 heterocycles. The van der Waals surface area contributed by atoms with Gasteiger partial charge in [0, 0.05) is 37.8 Å². The largest absolute Gasteiger partial charge is 0.323 e. The Morgan fingerprint density at radius 3 is 2.71 bits per heavy atom. The van der Waals surface area contributed by atoms with Gasteiger partial charge in [-0.25, -0.2) is 0 Å². The van der Waals surface area contributed by atoms with E-state index in [9.17, 15) is 0 Å². The number of fused-ring (bicyclic) bond motifs is 1. The number of hydrogen-bond donors (Lipinski definition) is 1. The van der Waals surface area contributed by atoms with Gasteiger partial charge < -0.3 is 5.73 Å². The van der Waals surface area contributed by atoms with Gasteiger partial charge in [-0.05, 0) is 31.4 Å². The molecule has 2 saturated heterocycles. The predicted molar refractivity (Wildman–Crippen MR) is 88.2 cm³/mol. The third-order valence-electron chi connectivity index (χ3n) is 5.36. The Bertz CT molecular complexity index is 433. The standard InChI is InChI=1S/C18H29N3/c1-2-17(18(19)15-8-4-3-5-9-15)21-13-12-20-11-7-6-10-16(20)14-21/h3-5,8-9,16-18H,2,6-7,10-14,19H2,1H3. The van der Waals surface area contributed by atoms with Crippen molar-refractivity contribution in [1.29, 1.82) is 0 Å². The summed E-state index contributed by atoms with van der Waals surface area (Å²) in [6.45, 7) is 7.19. The van der Waals surface area contributed by atoms with E-state index < -0.39 is 0 Å². The van der Waals surface area contributed by atoms with E-state index in [2.05, 4.69) is 47.1 Å². The normalized spacial score (nSPS) is 27.0. The first-order valence-electron chi connectivity index (χ1n) is 8.58. The van der Waals surface area contributed by atoms with Crippen LogP contribution in [0.1, 0.15) is 44.2 Å². The number of hydrogen-bond acceptors (Lipinski definition) is 3. The molecule has 116 valence electrons. The molecular formula is C18H29N3. The molecule has 0 saturated carbocycles. The van der Waals surface area contributed by atoms with Crippen molar-refractivity contribution in [3.05, 3.63) is 35.9 Å². The molecular weight excluding hydrogens is 258 g/mol. The smallest absolute Gasteiger partial charge is 0.0453 e. The second-order valence-corrected chi connectivity index (χ2v) is 6.59. The van der Waals surface area contributed by atoms with Crippen molar-refractivity contribution in [1.82, 2.24) is 9.80 Å². The maximum absolute atomic E-state index is 6.59. The molecule has 3 atom stereocenters. The fourth-order valence-corrected chi connectivity index (χ4v) is 4.12. The summed E-state index contributed by atoms with van der Waals surface area (Å²) in [6, 6.07) is 12.0.